The summed E-state index contributed by atoms with van der Waals surface area (Å²) in [5.74, 6) is 0. The summed E-state index contributed by atoms with van der Waals surface area (Å²) in [6.07, 6.45) is 25.1. The predicted octanol–water partition coefficient (Wildman–Crippen LogP) is 6.25. The SMILES string of the molecule is CCCCC1=[C-]CC=C1.CCCCC1=[C-]CC=C1.C[SiH]C.[Ti+2]. The van der Waals surface area contributed by atoms with Crippen molar-refractivity contribution in [3.63, 3.8) is 0 Å². The number of hydrogen-bond donors (Lipinski definition) is 0. The Morgan fingerprint density at radius 2 is 1.23 bits per heavy atom. The Bertz CT molecular complexity index is 317. The fourth-order valence-electron chi connectivity index (χ4n) is 1.98. The maximum atomic E-state index is 3.30. The molecular weight excluding hydrogens is 316 g/mol. The number of rotatable bonds is 6. The normalized spacial score (nSPS) is 14.2. The maximum Gasteiger partial charge on any atom is 2.00 e. The summed E-state index contributed by atoms with van der Waals surface area (Å²) in [6, 6.07) is 0. The van der Waals surface area contributed by atoms with E-state index in [2.05, 4.69) is 63.4 Å². The third kappa shape index (κ3) is 14.8. The van der Waals surface area contributed by atoms with Crippen molar-refractivity contribution in [2.75, 3.05) is 0 Å². The third-order valence-corrected chi connectivity index (χ3v) is 3.13. The molecule has 22 heavy (non-hydrogen) atoms. The molecule has 0 spiro atoms. The van der Waals surface area contributed by atoms with E-state index in [1.165, 1.54) is 49.7 Å². The maximum absolute atomic E-state index is 3.30. The minimum Gasteiger partial charge on any atom is -0.269 e. The Morgan fingerprint density at radius 1 is 0.864 bits per heavy atom. The zero-order chi connectivity index (χ0) is 15.8. The summed E-state index contributed by atoms with van der Waals surface area (Å²) in [5.41, 5.74) is 2.83. The topological polar surface area (TPSA) is 0 Å². The largest absolute Gasteiger partial charge is 2.00 e. The average molecular weight is 349 g/mol. The second kappa shape index (κ2) is 18.9. The van der Waals surface area contributed by atoms with Crippen molar-refractivity contribution in [3.8, 4) is 0 Å². The molecule has 0 unspecified atom stereocenters. The van der Waals surface area contributed by atoms with Crippen LogP contribution in [-0.4, -0.2) is 9.52 Å². The van der Waals surface area contributed by atoms with E-state index >= 15 is 0 Å². The monoisotopic (exact) mass is 349 g/mol. The molecule has 0 fully saturated rings. The van der Waals surface area contributed by atoms with Crippen LogP contribution in [0.5, 0.6) is 0 Å². The van der Waals surface area contributed by atoms with Crippen LogP contribution in [0.2, 0.25) is 13.1 Å². The van der Waals surface area contributed by atoms with Gasteiger partial charge in [0.2, 0.25) is 0 Å². The first kappa shape index (κ1) is 24.1. The third-order valence-electron chi connectivity index (χ3n) is 3.13. The first-order valence-electron chi connectivity index (χ1n) is 8.54. The summed E-state index contributed by atoms with van der Waals surface area (Å²) in [7, 11) is 0.750. The van der Waals surface area contributed by atoms with Gasteiger partial charge >= 0.3 is 21.7 Å². The first-order valence-corrected chi connectivity index (χ1v) is 10.9. The van der Waals surface area contributed by atoms with E-state index in [4.69, 9.17) is 0 Å². The Hall–Kier alpha value is -0.109. The molecule has 0 nitrogen and oxygen atoms in total. The van der Waals surface area contributed by atoms with Gasteiger partial charge in [-0.25, -0.2) is 23.3 Å². The fraction of sp³-hybridized carbons (Fsp3) is 0.600. The van der Waals surface area contributed by atoms with Crippen LogP contribution < -0.4 is 0 Å². The predicted molar refractivity (Wildman–Crippen MR) is 99.0 cm³/mol. The minimum absolute atomic E-state index is 0. The minimum atomic E-state index is 0. The van der Waals surface area contributed by atoms with Gasteiger partial charge in [-0.05, 0) is 0 Å². The average Bonchev–Trinajstić information content (AvgIpc) is 3.18. The van der Waals surface area contributed by atoms with Crippen molar-refractivity contribution < 1.29 is 21.7 Å². The van der Waals surface area contributed by atoms with Crippen molar-refractivity contribution in [2.45, 2.75) is 78.3 Å². The standard InChI is InChI=1S/2C9H13.C2H7Si.Ti/c2*1-2-3-6-9-7-4-5-8-9;1-3-2;/h2*4,7H,2-3,5-6H2,1H3;3H,1-2H3;/q2*-1;;+2. The molecule has 0 saturated carbocycles. The fourth-order valence-corrected chi connectivity index (χ4v) is 1.98. The van der Waals surface area contributed by atoms with Crippen molar-refractivity contribution in [1.82, 2.24) is 0 Å². The van der Waals surface area contributed by atoms with E-state index in [1.807, 2.05) is 0 Å². The summed E-state index contributed by atoms with van der Waals surface area (Å²) in [6.45, 7) is 8.86. The molecule has 0 aromatic carbocycles. The van der Waals surface area contributed by atoms with Crippen LogP contribution in [0.3, 0.4) is 0 Å². The quantitative estimate of drug-likeness (QED) is 0.393. The Balaban J connectivity index is 0. The van der Waals surface area contributed by atoms with Crippen molar-refractivity contribution >= 4 is 9.52 Å². The van der Waals surface area contributed by atoms with Crippen LogP contribution in [0, 0.1) is 12.2 Å². The van der Waals surface area contributed by atoms with E-state index in [0.29, 0.717) is 0 Å². The zero-order valence-electron chi connectivity index (χ0n) is 15.0. The number of allylic oxidation sites excluding steroid dienone is 8. The van der Waals surface area contributed by atoms with E-state index in [-0.39, 0.29) is 21.7 Å². The molecule has 2 heteroatoms. The molecule has 0 aliphatic heterocycles. The molecular formula is C20H33SiTi. The van der Waals surface area contributed by atoms with Gasteiger partial charge in [-0.1, -0.05) is 65.5 Å². The molecule has 0 atom stereocenters. The van der Waals surface area contributed by atoms with Gasteiger partial charge in [0.25, 0.3) is 0 Å². The van der Waals surface area contributed by atoms with Gasteiger partial charge in [-0.3, -0.25) is 12.2 Å². The van der Waals surface area contributed by atoms with Crippen LogP contribution >= 0.6 is 0 Å². The Morgan fingerprint density at radius 3 is 1.45 bits per heavy atom. The summed E-state index contributed by atoms with van der Waals surface area (Å²) < 4.78 is 0. The summed E-state index contributed by atoms with van der Waals surface area (Å²) in [5, 5.41) is 0. The molecule has 2 rings (SSSR count). The first-order chi connectivity index (χ1) is 10.3. The molecule has 0 amide bonds. The molecule has 121 valence electrons. The summed E-state index contributed by atoms with van der Waals surface area (Å²) >= 11 is 0. The van der Waals surface area contributed by atoms with E-state index in [1.54, 1.807) is 0 Å². The molecule has 2 aliphatic rings. The molecule has 1 radical (unpaired) electrons. The second-order valence-electron chi connectivity index (χ2n) is 5.40. The molecule has 0 N–H and O–H groups in total. The summed E-state index contributed by atoms with van der Waals surface area (Å²) in [4.78, 5) is 0. The van der Waals surface area contributed by atoms with E-state index in [9.17, 15) is 0 Å². The van der Waals surface area contributed by atoms with Crippen LogP contribution in [0.1, 0.15) is 65.2 Å². The van der Waals surface area contributed by atoms with Gasteiger partial charge in [-0.15, -0.1) is 12.8 Å². The number of unbranched alkanes of at least 4 members (excludes halogenated alkanes) is 2. The van der Waals surface area contributed by atoms with Crippen LogP contribution in [0.25, 0.3) is 0 Å². The number of hydrogen-bond acceptors (Lipinski definition) is 0. The molecule has 0 aromatic rings. The van der Waals surface area contributed by atoms with Gasteiger partial charge in [0.15, 0.2) is 0 Å². The molecule has 0 aromatic heterocycles. The van der Waals surface area contributed by atoms with Crippen LogP contribution in [0.4, 0.5) is 0 Å². The van der Waals surface area contributed by atoms with Gasteiger partial charge < -0.3 is 0 Å². The second-order valence-corrected chi connectivity index (χ2v) is 6.56. The zero-order valence-corrected chi connectivity index (χ0v) is 17.8. The molecule has 0 bridgehead atoms. The van der Waals surface area contributed by atoms with Gasteiger partial charge in [0, 0.05) is 9.52 Å². The van der Waals surface area contributed by atoms with Gasteiger partial charge in [-0.2, -0.15) is 12.2 Å². The van der Waals surface area contributed by atoms with Crippen LogP contribution in [0.15, 0.2) is 35.5 Å². The van der Waals surface area contributed by atoms with E-state index in [0.717, 1.165) is 22.4 Å². The smallest absolute Gasteiger partial charge is 0.269 e. The molecule has 0 heterocycles. The van der Waals surface area contributed by atoms with Crippen molar-refractivity contribution in [3.05, 3.63) is 47.6 Å². The van der Waals surface area contributed by atoms with Crippen molar-refractivity contribution in [2.24, 2.45) is 0 Å². The molecule has 0 saturated heterocycles. The molecule has 2 aliphatic carbocycles. The Kier molecular flexibility index (Phi) is 20.8. The van der Waals surface area contributed by atoms with Gasteiger partial charge in [0.05, 0.1) is 0 Å². The Labute approximate surface area is 156 Å². The van der Waals surface area contributed by atoms with Gasteiger partial charge in [0.1, 0.15) is 0 Å². The van der Waals surface area contributed by atoms with Crippen LogP contribution in [-0.2, 0) is 21.7 Å². The van der Waals surface area contributed by atoms with Crippen molar-refractivity contribution in [1.29, 1.82) is 0 Å². The van der Waals surface area contributed by atoms with E-state index < -0.39 is 0 Å².